The Bertz CT molecular complexity index is 451. The highest BCUT2D eigenvalue weighted by Gasteiger charge is 2.24. The Morgan fingerprint density at radius 2 is 2.06 bits per heavy atom. The van der Waals surface area contributed by atoms with E-state index in [2.05, 4.69) is 5.32 Å². The van der Waals surface area contributed by atoms with E-state index < -0.39 is 10.0 Å². The van der Waals surface area contributed by atoms with Gasteiger partial charge in [-0.05, 0) is 32.5 Å². The molecule has 0 aliphatic heterocycles. The van der Waals surface area contributed by atoms with Crippen LogP contribution in [0.15, 0.2) is 10.3 Å². The summed E-state index contributed by atoms with van der Waals surface area (Å²) in [5.74, 6) is 0. The van der Waals surface area contributed by atoms with Crippen molar-refractivity contribution in [3.63, 3.8) is 0 Å². The van der Waals surface area contributed by atoms with Crippen LogP contribution in [-0.4, -0.2) is 39.9 Å². The summed E-state index contributed by atoms with van der Waals surface area (Å²) in [5.41, 5.74) is 0.832. The molecule has 92 valence electrons. The van der Waals surface area contributed by atoms with Gasteiger partial charge >= 0.3 is 0 Å². The van der Waals surface area contributed by atoms with Gasteiger partial charge in [0.1, 0.15) is 4.21 Å². The van der Waals surface area contributed by atoms with Gasteiger partial charge in [0.15, 0.2) is 0 Å². The average molecular weight is 262 g/mol. The van der Waals surface area contributed by atoms with Crippen LogP contribution in [0, 0.1) is 13.8 Å². The molecule has 0 amide bonds. The number of hydrogen-bond acceptors (Lipinski definition) is 4. The van der Waals surface area contributed by atoms with Gasteiger partial charge < -0.3 is 5.32 Å². The maximum Gasteiger partial charge on any atom is 0.252 e. The quantitative estimate of drug-likeness (QED) is 0.867. The second kappa shape index (κ2) is 5.27. The second-order valence-corrected chi connectivity index (χ2v) is 7.25. The van der Waals surface area contributed by atoms with Gasteiger partial charge in [0, 0.05) is 25.0 Å². The van der Waals surface area contributed by atoms with Crippen molar-refractivity contribution < 1.29 is 8.42 Å². The van der Waals surface area contributed by atoms with E-state index >= 15 is 0 Å². The van der Waals surface area contributed by atoms with Gasteiger partial charge in [0.2, 0.25) is 0 Å². The van der Waals surface area contributed by atoms with Gasteiger partial charge in [0.25, 0.3) is 10.0 Å². The molecule has 16 heavy (non-hydrogen) atoms. The lowest BCUT2D eigenvalue weighted by atomic mass is 10.4. The monoisotopic (exact) mass is 262 g/mol. The number of rotatable bonds is 5. The molecule has 1 aromatic heterocycles. The zero-order valence-electron chi connectivity index (χ0n) is 10.1. The largest absolute Gasteiger partial charge is 0.318 e. The van der Waals surface area contributed by atoms with Gasteiger partial charge in [-0.2, -0.15) is 4.31 Å². The molecule has 0 aromatic carbocycles. The highest BCUT2D eigenvalue weighted by Crippen LogP contribution is 2.27. The molecule has 0 unspecified atom stereocenters. The van der Waals surface area contributed by atoms with Crippen molar-refractivity contribution in [2.24, 2.45) is 0 Å². The first kappa shape index (κ1) is 13.6. The fourth-order valence-electron chi connectivity index (χ4n) is 1.41. The number of thiophene rings is 1. The van der Waals surface area contributed by atoms with E-state index in [4.69, 9.17) is 0 Å². The van der Waals surface area contributed by atoms with Gasteiger partial charge in [0.05, 0.1) is 0 Å². The molecular formula is C10H18N2O2S2. The zero-order valence-corrected chi connectivity index (χ0v) is 11.7. The maximum atomic E-state index is 12.2. The number of hydrogen-bond donors (Lipinski definition) is 1. The van der Waals surface area contributed by atoms with Crippen molar-refractivity contribution in [1.29, 1.82) is 0 Å². The standard InChI is InChI=1S/C10H18N2O2S2/c1-8-7-9(2)15-10(8)16(13,14)12(4)6-5-11-3/h7,11H,5-6H2,1-4H3. The molecule has 0 spiro atoms. The first-order valence-corrected chi connectivity index (χ1v) is 7.33. The van der Waals surface area contributed by atoms with Crippen LogP contribution < -0.4 is 5.32 Å². The molecule has 1 rings (SSSR count). The van der Waals surface area contributed by atoms with Crippen LogP contribution in [0.1, 0.15) is 10.4 Å². The highest BCUT2D eigenvalue weighted by molar-refractivity contribution is 7.91. The number of aryl methyl sites for hydroxylation is 2. The van der Waals surface area contributed by atoms with Gasteiger partial charge in [-0.25, -0.2) is 8.42 Å². The Morgan fingerprint density at radius 3 is 2.50 bits per heavy atom. The summed E-state index contributed by atoms with van der Waals surface area (Å²) in [5, 5.41) is 2.94. The van der Waals surface area contributed by atoms with Crippen LogP contribution in [0.2, 0.25) is 0 Å². The number of sulfonamides is 1. The zero-order chi connectivity index (χ0) is 12.3. The number of nitrogens with one attached hydrogen (secondary N) is 1. The third-order valence-corrected chi connectivity index (χ3v) is 5.94. The van der Waals surface area contributed by atoms with Crippen molar-refractivity contribution in [2.75, 3.05) is 27.2 Å². The molecule has 0 saturated carbocycles. The number of nitrogens with zero attached hydrogens (tertiary/aromatic N) is 1. The van der Waals surface area contributed by atoms with Crippen molar-refractivity contribution in [3.8, 4) is 0 Å². The topological polar surface area (TPSA) is 49.4 Å². The second-order valence-electron chi connectivity index (χ2n) is 3.76. The SMILES string of the molecule is CNCCN(C)S(=O)(=O)c1sc(C)cc1C. The van der Waals surface area contributed by atoms with Gasteiger partial charge in [-0.3, -0.25) is 0 Å². The summed E-state index contributed by atoms with van der Waals surface area (Å²) in [6.07, 6.45) is 0. The molecule has 0 atom stereocenters. The molecule has 0 aliphatic rings. The predicted molar refractivity (Wildman–Crippen MR) is 67.5 cm³/mol. The van der Waals surface area contributed by atoms with E-state index in [1.807, 2.05) is 19.9 Å². The lowest BCUT2D eigenvalue weighted by Crippen LogP contribution is -2.32. The summed E-state index contributed by atoms with van der Waals surface area (Å²) in [7, 11) is 0.110. The molecule has 4 nitrogen and oxygen atoms in total. The smallest absolute Gasteiger partial charge is 0.252 e. The Hall–Kier alpha value is -0.430. The van der Waals surface area contributed by atoms with Gasteiger partial charge in [-0.1, -0.05) is 0 Å². The number of likely N-dealkylation sites (N-methyl/N-ethyl adjacent to an activating group) is 2. The summed E-state index contributed by atoms with van der Waals surface area (Å²) >= 11 is 1.33. The fraction of sp³-hybridized carbons (Fsp3) is 0.600. The van der Waals surface area contributed by atoms with Crippen molar-refractivity contribution in [1.82, 2.24) is 9.62 Å². The Morgan fingerprint density at radius 1 is 1.44 bits per heavy atom. The molecule has 1 N–H and O–H groups in total. The summed E-state index contributed by atoms with van der Waals surface area (Å²) in [6.45, 7) is 4.89. The average Bonchev–Trinajstić information content (AvgIpc) is 2.54. The molecule has 0 fully saturated rings. The minimum Gasteiger partial charge on any atom is -0.318 e. The lowest BCUT2D eigenvalue weighted by Gasteiger charge is -2.16. The minimum atomic E-state index is -3.31. The normalized spacial score (nSPS) is 12.3. The van der Waals surface area contributed by atoms with Crippen LogP contribution in [0.4, 0.5) is 0 Å². The molecule has 0 bridgehead atoms. The maximum absolute atomic E-state index is 12.2. The van der Waals surface area contributed by atoms with E-state index in [1.54, 1.807) is 14.1 Å². The minimum absolute atomic E-state index is 0.462. The van der Waals surface area contributed by atoms with E-state index in [0.29, 0.717) is 17.3 Å². The summed E-state index contributed by atoms with van der Waals surface area (Å²) < 4.78 is 26.2. The van der Waals surface area contributed by atoms with E-state index in [-0.39, 0.29) is 0 Å². The molecule has 1 heterocycles. The van der Waals surface area contributed by atoms with Crippen LogP contribution in [0.25, 0.3) is 0 Å². The van der Waals surface area contributed by atoms with Crippen LogP contribution in [-0.2, 0) is 10.0 Å². The van der Waals surface area contributed by atoms with E-state index in [0.717, 1.165) is 10.4 Å². The molecule has 0 aliphatic carbocycles. The molecule has 0 saturated heterocycles. The Balaban J connectivity index is 2.97. The molecule has 1 aromatic rings. The predicted octanol–water partition coefficient (Wildman–Crippen LogP) is 1.20. The first-order valence-electron chi connectivity index (χ1n) is 5.07. The fourth-order valence-corrected chi connectivity index (χ4v) is 4.43. The van der Waals surface area contributed by atoms with E-state index in [9.17, 15) is 8.42 Å². The highest BCUT2D eigenvalue weighted by atomic mass is 32.2. The Labute approximate surface area is 101 Å². The van der Waals surface area contributed by atoms with Crippen LogP contribution in [0.3, 0.4) is 0 Å². The summed E-state index contributed by atoms with van der Waals surface area (Å²) in [6, 6.07) is 1.91. The third kappa shape index (κ3) is 2.82. The van der Waals surface area contributed by atoms with Crippen LogP contribution in [0.5, 0.6) is 0 Å². The van der Waals surface area contributed by atoms with Crippen LogP contribution >= 0.6 is 11.3 Å². The molecular weight excluding hydrogens is 244 g/mol. The van der Waals surface area contributed by atoms with E-state index in [1.165, 1.54) is 15.6 Å². The first-order chi connectivity index (χ1) is 7.39. The lowest BCUT2D eigenvalue weighted by molar-refractivity contribution is 0.467. The molecule has 6 heteroatoms. The third-order valence-electron chi connectivity index (χ3n) is 2.32. The van der Waals surface area contributed by atoms with Crippen molar-refractivity contribution in [2.45, 2.75) is 18.1 Å². The Kier molecular flexibility index (Phi) is 4.49. The van der Waals surface area contributed by atoms with Crippen molar-refractivity contribution in [3.05, 3.63) is 16.5 Å². The summed E-state index contributed by atoms with van der Waals surface area (Å²) in [4.78, 5) is 1.03. The van der Waals surface area contributed by atoms with Gasteiger partial charge in [-0.15, -0.1) is 11.3 Å². The molecule has 0 radical (unpaired) electrons. The van der Waals surface area contributed by atoms with Crippen molar-refractivity contribution >= 4 is 21.4 Å².